The van der Waals surface area contributed by atoms with Gasteiger partial charge in [-0.3, -0.25) is 23.9 Å². The van der Waals surface area contributed by atoms with Crippen LogP contribution in [-0.4, -0.2) is 67.4 Å². The topological polar surface area (TPSA) is 164 Å². The van der Waals surface area contributed by atoms with E-state index in [0.29, 0.717) is 17.1 Å². The molecule has 4 amide bonds. The highest BCUT2D eigenvalue weighted by Crippen LogP contribution is 2.26. The lowest BCUT2D eigenvalue weighted by atomic mass is 10.0. The number of fused-ring (bicyclic) bond motifs is 4. The first-order valence-corrected chi connectivity index (χ1v) is 17.6. The van der Waals surface area contributed by atoms with Crippen LogP contribution in [0.2, 0.25) is 0 Å². The molecule has 3 aromatic heterocycles. The van der Waals surface area contributed by atoms with Crippen LogP contribution >= 0.6 is 11.3 Å². The molecule has 0 saturated heterocycles. The van der Waals surface area contributed by atoms with Crippen molar-refractivity contribution >= 4 is 35.0 Å². The Kier molecular flexibility index (Phi) is 10.4. The number of rotatable bonds is 5. The maximum atomic E-state index is 14.4. The van der Waals surface area contributed by atoms with Gasteiger partial charge in [0, 0.05) is 24.5 Å². The van der Waals surface area contributed by atoms with Crippen molar-refractivity contribution in [2.75, 3.05) is 13.1 Å². The lowest BCUT2D eigenvalue weighted by molar-refractivity contribution is -0.123. The lowest BCUT2D eigenvalue weighted by Crippen LogP contribution is -2.50. The van der Waals surface area contributed by atoms with Gasteiger partial charge in [-0.25, -0.2) is 9.97 Å². The number of hydrogen-bond acceptors (Lipinski definition) is 9. The third kappa shape index (κ3) is 8.07. The van der Waals surface area contributed by atoms with Gasteiger partial charge in [-0.1, -0.05) is 74.5 Å². The van der Waals surface area contributed by atoms with Crippen LogP contribution in [0.25, 0.3) is 11.3 Å². The molecular formula is C37H40N8O5S. The van der Waals surface area contributed by atoms with Crippen LogP contribution in [0, 0.1) is 12.8 Å². The van der Waals surface area contributed by atoms with Crippen LogP contribution in [0.15, 0.2) is 76.5 Å². The molecule has 1 aliphatic rings. The Bertz CT molecular complexity index is 2040. The van der Waals surface area contributed by atoms with E-state index in [4.69, 9.17) is 4.42 Å². The van der Waals surface area contributed by atoms with Crippen LogP contribution in [0.5, 0.6) is 0 Å². The van der Waals surface area contributed by atoms with E-state index in [1.807, 2.05) is 74.5 Å². The first-order chi connectivity index (χ1) is 24.5. The number of amides is 4. The van der Waals surface area contributed by atoms with Crippen LogP contribution in [-0.2, 0) is 18.3 Å². The molecule has 0 aliphatic carbocycles. The molecule has 6 rings (SSSR count). The first-order valence-electron chi connectivity index (χ1n) is 16.7. The number of aryl methyl sites for hydroxylation is 2. The van der Waals surface area contributed by atoms with Crippen molar-refractivity contribution < 1.29 is 23.6 Å². The van der Waals surface area contributed by atoms with Gasteiger partial charge < -0.3 is 25.3 Å². The van der Waals surface area contributed by atoms with Crippen LogP contribution < -0.4 is 16.0 Å². The van der Waals surface area contributed by atoms with Gasteiger partial charge in [0.05, 0.1) is 24.3 Å². The highest BCUT2D eigenvalue weighted by Gasteiger charge is 2.32. The minimum Gasteiger partial charge on any atom is -0.443 e. The van der Waals surface area contributed by atoms with E-state index in [9.17, 15) is 19.2 Å². The summed E-state index contributed by atoms with van der Waals surface area (Å²) in [6, 6.07) is 18.9. The Morgan fingerprint density at radius 1 is 0.961 bits per heavy atom. The Morgan fingerprint density at radius 2 is 1.67 bits per heavy atom. The van der Waals surface area contributed by atoms with Crippen molar-refractivity contribution in [1.29, 1.82) is 0 Å². The fraction of sp³-hybridized carbons (Fsp3) is 0.324. The second-order valence-electron chi connectivity index (χ2n) is 13.0. The van der Waals surface area contributed by atoms with E-state index in [2.05, 4.69) is 31.0 Å². The third-order valence-corrected chi connectivity index (χ3v) is 9.67. The van der Waals surface area contributed by atoms with Crippen molar-refractivity contribution in [3.05, 3.63) is 111 Å². The summed E-state index contributed by atoms with van der Waals surface area (Å²) in [5.74, 6) is -1.55. The minimum absolute atomic E-state index is 0.00318. The molecule has 4 heterocycles. The number of nitrogens with zero attached hydrogens (tertiary/aromatic N) is 5. The smallest absolute Gasteiger partial charge is 0.274 e. The average molecular weight is 709 g/mol. The molecule has 13 nitrogen and oxygen atoms in total. The fourth-order valence-corrected chi connectivity index (χ4v) is 6.77. The molecule has 4 bridgehead atoms. The standard InChI is InChI=1S/C37H40N8O5S/c1-21(2)31-35-42-32(23(4)50-35)34(48)38-22(3)36-40-28(20-51-36)33(47)39-26(16-24-12-8-6-9-13-24)18-45(19-30(46)41-31)37(49)29-17-27(43-44(29)5)25-14-10-7-11-15-25/h6-15,17,20-22,26,31H,16,18-19H2,1-5H3,(H,38,48)(H,39,47)(H,41,46)/t22-,26-,31+/m1/s1. The van der Waals surface area contributed by atoms with E-state index in [-0.39, 0.29) is 47.7 Å². The van der Waals surface area contributed by atoms with Gasteiger partial charge in [0.25, 0.3) is 17.7 Å². The molecule has 0 spiro atoms. The number of hydrogen-bond donors (Lipinski definition) is 3. The average Bonchev–Trinajstić information content (AvgIpc) is 3.86. The largest absolute Gasteiger partial charge is 0.443 e. The van der Waals surface area contributed by atoms with Gasteiger partial charge >= 0.3 is 0 Å². The number of benzene rings is 2. The van der Waals surface area contributed by atoms with Crippen molar-refractivity contribution in [1.82, 2.24) is 40.6 Å². The summed E-state index contributed by atoms with van der Waals surface area (Å²) >= 11 is 1.25. The monoisotopic (exact) mass is 708 g/mol. The quantitative estimate of drug-likeness (QED) is 0.238. The zero-order valence-electron chi connectivity index (χ0n) is 29.0. The van der Waals surface area contributed by atoms with Crippen molar-refractivity contribution in [3.63, 3.8) is 0 Å². The molecular weight excluding hydrogens is 669 g/mol. The Balaban J connectivity index is 1.40. The second-order valence-corrected chi connectivity index (χ2v) is 13.9. The first kappa shape index (κ1) is 35.2. The summed E-state index contributed by atoms with van der Waals surface area (Å²) in [6.45, 7) is 6.85. The SMILES string of the molecule is Cc1oc2nc1C(=O)N[C@H](C)c1nc(cs1)C(=O)N[C@H](Cc1ccccc1)CN(C(=O)c1cc(-c3ccccc3)nn1C)CC(=O)N[C@H]2C(C)C. The molecule has 0 saturated carbocycles. The van der Waals surface area contributed by atoms with E-state index >= 15 is 0 Å². The molecule has 14 heteroatoms. The summed E-state index contributed by atoms with van der Waals surface area (Å²) in [4.78, 5) is 65.8. The summed E-state index contributed by atoms with van der Waals surface area (Å²) in [7, 11) is 1.68. The number of oxazole rings is 1. The Morgan fingerprint density at radius 3 is 2.37 bits per heavy atom. The molecule has 0 radical (unpaired) electrons. The predicted molar refractivity (Wildman–Crippen MR) is 191 cm³/mol. The van der Waals surface area contributed by atoms with Gasteiger partial charge in [-0.05, 0) is 37.8 Å². The van der Waals surface area contributed by atoms with Crippen LogP contribution in [0.1, 0.15) is 86.5 Å². The lowest BCUT2D eigenvalue weighted by Gasteiger charge is -2.29. The zero-order valence-corrected chi connectivity index (χ0v) is 29.9. The molecule has 0 unspecified atom stereocenters. The number of aromatic nitrogens is 4. The van der Waals surface area contributed by atoms with Crippen LogP contribution in [0.4, 0.5) is 0 Å². The van der Waals surface area contributed by atoms with Gasteiger partial charge in [0.2, 0.25) is 11.8 Å². The highest BCUT2D eigenvalue weighted by atomic mass is 32.1. The maximum absolute atomic E-state index is 14.4. The Labute approximate surface area is 299 Å². The fourth-order valence-electron chi connectivity index (χ4n) is 5.97. The predicted octanol–water partition coefficient (Wildman–Crippen LogP) is 4.64. The molecule has 3 N–H and O–H groups in total. The molecule has 2 aromatic carbocycles. The third-order valence-electron chi connectivity index (χ3n) is 8.64. The molecule has 0 fully saturated rings. The summed E-state index contributed by atoms with van der Waals surface area (Å²) in [5.41, 5.74) is 2.90. The number of thiazole rings is 1. The minimum atomic E-state index is -0.700. The number of carbonyl (C=O) groups excluding carboxylic acids is 4. The van der Waals surface area contributed by atoms with E-state index in [0.717, 1.165) is 11.1 Å². The normalized spacial score (nSPS) is 18.8. The van der Waals surface area contributed by atoms with Crippen molar-refractivity contribution in [3.8, 4) is 11.3 Å². The van der Waals surface area contributed by atoms with Gasteiger partial charge in [-0.15, -0.1) is 11.3 Å². The number of carbonyl (C=O) groups is 4. The summed E-state index contributed by atoms with van der Waals surface area (Å²) in [5, 5.41) is 15.7. The molecule has 51 heavy (non-hydrogen) atoms. The summed E-state index contributed by atoms with van der Waals surface area (Å²) in [6.07, 6.45) is 0.370. The summed E-state index contributed by atoms with van der Waals surface area (Å²) < 4.78 is 7.44. The van der Waals surface area contributed by atoms with Crippen molar-refractivity contribution in [2.45, 2.75) is 52.2 Å². The van der Waals surface area contributed by atoms with Crippen molar-refractivity contribution in [2.24, 2.45) is 13.0 Å². The van der Waals surface area contributed by atoms with Crippen LogP contribution in [0.3, 0.4) is 0 Å². The van der Waals surface area contributed by atoms with Gasteiger partial charge in [0.1, 0.15) is 28.2 Å². The van der Waals surface area contributed by atoms with E-state index < -0.39 is 41.8 Å². The molecule has 3 atom stereocenters. The van der Waals surface area contributed by atoms with Gasteiger partial charge in [-0.2, -0.15) is 5.10 Å². The molecule has 5 aromatic rings. The van der Waals surface area contributed by atoms with E-state index in [1.54, 1.807) is 32.3 Å². The van der Waals surface area contributed by atoms with E-state index in [1.165, 1.54) is 20.9 Å². The van der Waals surface area contributed by atoms with Gasteiger partial charge in [0.15, 0.2) is 5.69 Å². The Hall–Kier alpha value is -5.63. The number of nitrogens with one attached hydrogen (secondary N) is 3. The maximum Gasteiger partial charge on any atom is 0.274 e. The molecule has 264 valence electrons. The zero-order chi connectivity index (χ0) is 36.2. The molecule has 1 aliphatic heterocycles. The highest BCUT2D eigenvalue weighted by molar-refractivity contribution is 7.09. The second kappa shape index (κ2) is 15.1.